The lowest BCUT2D eigenvalue weighted by Crippen LogP contribution is -2.57. The van der Waals surface area contributed by atoms with E-state index in [1.165, 1.54) is 12.1 Å². The van der Waals surface area contributed by atoms with Crippen molar-refractivity contribution in [2.24, 2.45) is 5.92 Å². The molecule has 0 spiro atoms. The molecule has 6 heteroatoms. The zero-order chi connectivity index (χ0) is 13.4. The van der Waals surface area contributed by atoms with E-state index in [4.69, 9.17) is 11.6 Å². The summed E-state index contributed by atoms with van der Waals surface area (Å²) in [5.41, 5.74) is 0.0818. The maximum absolute atomic E-state index is 13.2. The second kappa shape index (κ2) is 5.06. The van der Waals surface area contributed by atoms with E-state index >= 15 is 0 Å². The van der Waals surface area contributed by atoms with E-state index in [1.54, 1.807) is 0 Å². The van der Waals surface area contributed by atoms with Gasteiger partial charge in [0, 0.05) is 12.6 Å². The molecule has 3 fully saturated rings. The van der Waals surface area contributed by atoms with Gasteiger partial charge in [0.25, 0.3) is 5.91 Å². The van der Waals surface area contributed by atoms with Crippen LogP contribution in [-0.4, -0.2) is 41.5 Å². The highest BCUT2D eigenvalue weighted by Crippen LogP contribution is 2.27. The van der Waals surface area contributed by atoms with Gasteiger partial charge < -0.3 is 10.2 Å². The molecule has 4 heterocycles. The summed E-state index contributed by atoms with van der Waals surface area (Å²) in [6, 6.07) is 2.95. The van der Waals surface area contributed by atoms with Crippen LogP contribution < -0.4 is 5.32 Å². The number of aromatic nitrogens is 1. The Morgan fingerprint density at radius 1 is 1.42 bits per heavy atom. The van der Waals surface area contributed by atoms with E-state index in [0.29, 0.717) is 5.92 Å². The fourth-order valence-corrected chi connectivity index (χ4v) is 3.02. The molecular weight excluding hydrogens is 269 g/mol. The summed E-state index contributed by atoms with van der Waals surface area (Å²) >= 11 is 5.55. The Morgan fingerprint density at radius 2 is 2.16 bits per heavy atom. The Hall–Kier alpha value is -1.20. The zero-order valence-electron chi connectivity index (χ0n) is 10.4. The van der Waals surface area contributed by atoms with Crippen LogP contribution in [0.2, 0.25) is 5.02 Å². The third-order valence-corrected chi connectivity index (χ3v) is 4.29. The number of hydrogen-bond donors (Lipinski definition) is 1. The number of hydrogen-bond acceptors (Lipinski definition) is 3. The summed E-state index contributed by atoms with van der Waals surface area (Å²) in [5, 5.41) is 2.89. The van der Waals surface area contributed by atoms with Crippen molar-refractivity contribution >= 4 is 17.5 Å². The Morgan fingerprint density at radius 3 is 2.74 bits per heavy atom. The molecule has 19 heavy (non-hydrogen) atoms. The van der Waals surface area contributed by atoms with E-state index in [-0.39, 0.29) is 22.7 Å². The molecule has 1 aromatic rings. The summed E-state index contributed by atoms with van der Waals surface area (Å²) in [6.45, 7) is 3.11. The number of piperidine rings is 3. The van der Waals surface area contributed by atoms with E-state index < -0.39 is 5.95 Å². The first-order valence-corrected chi connectivity index (χ1v) is 6.86. The summed E-state index contributed by atoms with van der Waals surface area (Å²) in [6.07, 6.45) is 2.24. The van der Waals surface area contributed by atoms with Crippen molar-refractivity contribution in [1.82, 2.24) is 15.2 Å². The first-order valence-electron chi connectivity index (χ1n) is 6.49. The molecule has 3 saturated heterocycles. The molecule has 1 aromatic heterocycles. The molecule has 3 aliphatic rings. The monoisotopic (exact) mass is 283 g/mol. The van der Waals surface area contributed by atoms with Gasteiger partial charge in [0.2, 0.25) is 5.95 Å². The molecule has 2 bridgehead atoms. The average Bonchev–Trinajstić information content (AvgIpc) is 2.43. The molecular formula is C13H15ClFN3O. The quantitative estimate of drug-likeness (QED) is 0.840. The molecule has 0 aromatic carbocycles. The zero-order valence-corrected chi connectivity index (χ0v) is 11.2. The maximum Gasteiger partial charge on any atom is 0.270 e. The number of carbonyl (C=O) groups excluding carboxylic acids is 1. The van der Waals surface area contributed by atoms with Crippen LogP contribution in [0.1, 0.15) is 23.3 Å². The summed E-state index contributed by atoms with van der Waals surface area (Å²) in [5.74, 6) is -0.594. The lowest BCUT2D eigenvalue weighted by molar-refractivity contribution is 0.0617. The summed E-state index contributed by atoms with van der Waals surface area (Å²) in [4.78, 5) is 18.0. The van der Waals surface area contributed by atoms with Gasteiger partial charge in [-0.05, 0) is 44.0 Å². The largest absolute Gasteiger partial charge is 0.346 e. The van der Waals surface area contributed by atoms with Crippen LogP contribution in [0.4, 0.5) is 4.39 Å². The molecule has 4 rings (SSSR count). The number of nitrogens with one attached hydrogen (secondary N) is 1. The van der Waals surface area contributed by atoms with Gasteiger partial charge in [-0.25, -0.2) is 4.98 Å². The van der Waals surface area contributed by atoms with Crippen LogP contribution in [0.3, 0.4) is 0 Å². The van der Waals surface area contributed by atoms with Gasteiger partial charge in [0.05, 0.1) is 5.02 Å². The lowest BCUT2D eigenvalue weighted by atomic mass is 9.84. The highest BCUT2D eigenvalue weighted by Gasteiger charge is 2.35. The fourth-order valence-electron chi connectivity index (χ4n) is 2.91. The standard InChI is InChI=1S/C13H15ClFN3O/c14-9-1-2-10(16-12(9)15)13(19)17-11-7-18-5-3-8(11)4-6-18/h1-2,8,11H,3-7H2,(H,17,19). The maximum atomic E-state index is 13.2. The van der Waals surface area contributed by atoms with Gasteiger partial charge in [0.1, 0.15) is 5.69 Å². The van der Waals surface area contributed by atoms with Crippen molar-refractivity contribution in [3.05, 3.63) is 28.8 Å². The highest BCUT2D eigenvalue weighted by molar-refractivity contribution is 6.30. The minimum atomic E-state index is -0.803. The lowest BCUT2D eigenvalue weighted by Gasteiger charge is -2.44. The second-order valence-electron chi connectivity index (χ2n) is 5.19. The minimum absolute atomic E-state index is 0.0700. The molecule has 0 saturated carbocycles. The molecule has 0 aliphatic carbocycles. The minimum Gasteiger partial charge on any atom is -0.346 e. The van der Waals surface area contributed by atoms with E-state index in [9.17, 15) is 9.18 Å². The topological polar surface area (TPSA) is 45.2 Å². The number of nitrogens with zero attached hydrogens (tertiary/aromatic N) is 2. The second-order valence-corrected chi connectivity index (χ2v) is 5.59. The van der Waals surface area contributed by atoms with Crippen molar-refractivity contribution in [1.29, 1.82) is 0 Å². The van der Waals surface area contributed by atoms with E-state index in [1.807, 2.05) is 0 Å². The Kier molecular flexibility index (Phi) is 3.41. The van der Waals surface area contributed by atoms with Crippen LogP contribution in [0.15, 0.2) is 12.1 Å². The smallest absolute Gasteiger partial charge is 0.270 e. The van der Waals surface area contributed by atoms with Gasteiger partial charge in [-0.15, -0.1) is 0 Å². The Bertz CT molecular complexity index is 503. The Balaban J connectivity index is 1.69. The number of halogens is 2. The van der Waals surface area contributed by atoms with Gasteiger partial charge in [-0.3, -0.25) is 4.79 Å². The molecule has 3 aliphatic heterocycles. The van der Waals surface area contributed by atoms with E-state index in [2.05, 4.69) is 15.2 Å². The molecule has 4 nitrogen and oxygen atoms in total. The van der Waals surface area contributed by atoms with E-state index in [0.717, 1.165) is 32.5 Å². The fraction of sp³-hybridized carbons (Fsp3) is 0.538. The third kappa shape index (κ3) is 2.58. The SMILES string of the molecule is O=C(NC1CN2CCC1CC2)c1ccc(Cl)c(F)n1. The first-order chi connectivity index (χ1) is 9.13. The van der Waals surface area contributed by atoms with Crippen LogP contribution in [-0.2, 0) is 0 Å². The van der Waals surface area contributed by atoms with Crippen LogP contribution in [0.5, 0.6) is 0 Å². The van der Waals surface area contributed by atoms with Crippen molar-refractivity contribution in [2.75, 3.05) is 19.6 Å². The first kappa shape index (κ1) is 12.8. The van der Waals surface area contributed by atoms with Crippen molar-refractivity contribution < 1.29 is 9.18 Å². The Labute approximate surface area is 115 Å². The predicted molar refractivity (Wildman–Crippen MR) is 69.6 cm³/mol. The molecule has 0 radical (unpaired) electrons. The van der Waals surface area contributed by atoms with Crippen molar-refractivity contribution in [3.63, 3.8) is 0 Å². The molecule has 102 valence electrons. The van der Waals surface area contributed by atoms with Crippen LogP contribution in [0, 0.1) is 11.9 Å². The predicted octanol–water partition coefficient (Wildman–Crippen LogP) is 1.70. The highest BCUT2D eigenvalue weighted by atomic mass is 35.5. The number of pyridine rings is 1. The molecule has 1 atom stereocenters. The number of rotatable bonds is 2. The average molecular weight is 284 g/mol. The van der Waals surface area contributed by atoms with Gasteiger partial charge in [-0.1, -0.05) is 11.6 Å². The molecule has 1 amide bonds. The number of carbonyl (C=O) groups is 1. The normalized spacial score (nSPS) is 29.3. The van der Waals surface area contributed by atoms with Gasteiger partial charge in [-0.2, -0.15) is 4.39 Å². The van der Waals surface area contributed by atoms with Crippen molar-refractivity contribution in [3.8, 4) is 0 Å². The molecule has 1 N–H and O–H groups in total. The van der Waals surface area contributed by atoms with Gasteiger partial charge in [0.15, 0.2) is 0 Å². The van der Waals surface area contributed by atoms with Crippen LogP contribution in [0.25, 0.3) is 0 Å². The number of fused-ring (bicyclic) bond motifs is 3. The number of amides is 1. The summed E-state index contributed by atoms with van der Waals surface area (Å²) in [7, 11) is 0. The third-order valence-electron chi connectivity index (χ3n) is 4.01. The summed E-state index contributed by atoms with van der Waals surface area (Å²) < 4.78 is 13.2. The van der Waals surface area contributed by atoms with Crippen molar-refractivity contribution in [2.45, 2.75) is 18.9 Å². The van der Waals surface area contributed by atoms with Crippen LogP contribution >= 0.6 is 11.6 Å². The van der Waals surface area contributed by atoms with Gasteiger partial charge >= 0.3 is 0 Å². The molecule has 1 unspecified atom stereocenters.